The Bertz CT molecular complexity index is 2870. The second-order valence-corrected chi connectivity index (χ2v) is 14.9. The minimum Gasteiger partial charge on any atom is -0.310 e. The van der Waals surface area contributed by atoms with Gasteiger partial charge in [-0.1, -0.05) is 152 Å². The maximum absolute atomic E-state index is 2.45. The lowest BCUT2D eigenvalue weighted by molar-refractivity contribution is 1.30. The van der Waals surface area contributed by atoms with Crippen LogP contribution in [0.4, 0.5) is 17.1 Å². The molecule has 10 rings (SSSR count). The smallest absolute Gasteiger partial charge is 0.0554 e. The van der Waals surface area contributed by atoms with E-state index in [1.807, 2.05) is 11.3 Å². The summed E-state index contributed by atoms with van der Waals surface area (Å²) in [5.41, 5.74) is 13.0. The summed E-state index contributed by atoms with van der Waals surface area (Å²) < 4.78 is 2.58. The lowest BCUT2D eigenvalue weighted by atomic mass is 9.96. The van der Waals surface area contributed by atoms with Gasteiger partial charge in [0.25, 0.3) is 0 Å². The van der Waals surface area contributed by atoms with E-state index in [9.17, 15) is 0 Å². The predicted molar refractivity (Wildman–Crippen MR) is 233 cm³/mol. The van der Waals surface area contributed by atoms with Crippen molar-refractivity contribution in [3.05, 3.63) is 212 Å². The van der Waals surface area contributed by atoms with Gasteiger partial charge in [-0.05, 0) is 116 Å². The van der Waals surface area contributed by atoms with E-state index in [-0.39, 0.29) is 0 Å². The quantitative estimate of drug-likeness (QED) is 0.160. The molecule has 0 atom stereocenters. The average Bonchev–Trinajstić information content (AvgIpc) is 3.64. The molecule has 1 aromatic heterocycles. The first-order chi connectivity index (χ1) is 26.7. The third-order valence-electron chi connectivity index (χ3n) is 10.4. The van der Waals surface area contributed by atoms with E-state index in [4.69, 9.17) is 0 Å². The van der Waals surface area contributed by atoms with E-state index in [2.05, 4.69) is 217 Å². The van der Waals surface area contributed by atoms with E-state index in [0.29, 0.717) is 0 Å². The van der Waals surface area contributed by atoms with Gasteiger partial charge < -0.3 is 4.90 Å². The molecule has 0 aliphatic rings. The van der Waals surface area contributed by atoms with Gasteiger partial charge in [0, 0.05) is 31.5 Å². The molecule has 0 bridgehead atoms. The van der Waals surface area contributed by atoms with Gasteiger partial charge in [0.1, 0.15) is 0 Å². The van der Waals surface area contributed by atoms with Crippen LogP contribution >= 0.6 is 11.3 Å². The summed E-state index contributed by atoms with van der Waals surface area (Å²) in [6.07, 6.45) is 0. The van der Waals surface area contributed by atoms with Crippen LogP contribution in [-0.2, 0) is 0 Å². The van der Waals surface area contributed by atoms with Crippen LogP contribution in [0, 0.1) is 0 Å². The number of hydrogen-bond donors (Lipinski definition) is 0. The summed E-state index contributed by atoms with van der Waals surface area (Å²) in [7, 11) is 0. The van der Waals surface area contributed by atoms with Gasteiger partial charge in [-0.3, -0.25) is 0 Å². The van der Waals surface area contributed by atoms with E-state index in [1.165, 1.54) is 81.1 Å². The van der Waals surface area contributed by atoms with Crippen molar-refractivity contribution in [2.45, 2.75) is 0 Å². The number of rotatable bonds is 7. The zero-order valence-corrected chi connectivity index (χ0v) is 30.4. The van der Waals surface area contributed by atoms with Gasteiger partial charge in [0.05, 0.1) is 5.69 Å². The lowest BCUT2D eigenvalue weighted by Crippen LogP contribution is -2.10. The predicted octanol–water partition coefficient (Wildman–Crippen LogP) is 15.3. The number of hydrogen-bond acceptors (Lipinski definition) is 2. The molecule has 2 heteroatoms. The molecule has 0 amide bonds. The molecule has 0 saturated carbocycles. The highest BCUT2D eigenvalue weighted by Crippen LogP contribution is 2.46. The van der Waals surface area contributed by atoms with E-state index in [1.54, 1.807) is 0 Å². The summed E-state index contributed by atoms with van der Waals surface area (Å²) in [6, 6.07) is 77.3. The Labute approximate surface area is 319 Å². The molecule has 0 saturated heterocycles. The van der Waals surface area contributed by atoms with Crippen LogP contribution in [0.2, 0.25) is 0 Å². The number of anilines is 3. The highest BCUT2D eigenvalue weighted by molar-refractivity contribution is 7.26. The van der Waals surface area contributed by atoms with Crippen molar-refractivity contribution >= 4 is 59.3 Å². The summed E-state index contributed by atoms with van der Waals surface area (Å²) in [5, 5.41) is 5.07. The minimum atomic E-state index is 1.11. The zero-order valence-electron chi connectivity index (χ0n) is 29.6. The third kappa shape index (κ3) is 5.93. The van der Waals surface area contributed by atoms with E-state index in [0.717, 1.165) is 11.4 Å². The molecule has 9 aromatic carbocycles. The standard InChI is InChI=1S/C52H35NS/c1-3-13-36(14-4-1)44-33-45(37-15-5-2-6-16-37)35-47(34-44)53(49-22-12-24-51-52(49)48-21-9-10-23-50(48)54-51)46-29-27-39(28-30-46)41-19-11-20-42(31-41)43-26-25-38-17-7-8-18-40(38)32-43/h1-35H. The van der Waals surface area contributed by atoms with E-state index < -0.39 is 0 Å². The Morgan fingerprint density at radius 3 is 1.56 bits per heavy atom. The molecule has 0 N–H and O–H groups in total. The number of benzene rings is 9. The van der Waals surface area contributed by atoms with Crippen LogP contribution in [0.1, 0.15) is 0 Å². The van der Waals surface area contributed by atoms with Crippen molar-refractivity contribution in [1.29, 1.82) is 0 Å². The van der Waals surface area contributed by atoms with Crippen molar-refractivity contribution < 1.29 is 0 Å². The largest absolute Gasteiger partial charge is 0.310 e. The first-order valence-electron chi connectivity index (χ1n) is 18.4. The van der Waals surface area contributed by atoms with Gasteiger partial charge >= 0.3 is 0 Å². The Morgan fingerprint density at radius 1 is 0.296 bits per heavy atom. The van der Waals surface area contributed by atoms with E-state index >= 15 is 0 Å². The maximum Gasteiger partial charge on any atom is 0.0554 e. The molecular formula is C52H35NS. The molecule has 0 aliphatic heterocycles. The molecule has 54 heavy (non-hydrogen) atoms. The maximum atomic E-state index is 2.45. The fourth-order valence-electron chi connectivity index (χ4n) is 7.75. The first kappa shape index (κ1) is 32.0. The van der Waals surface area contributed by atoms with Gasteiger partial charge in [0.15, 0.2) is 0 Å². The SMILES string of the molecule is c1ccc(-c2cc(-c3ccccc3)cc(N(c3ccc(-c4cccc(-c5ccc6ccccc6c5)c4)cc3)c3cccc4sc5ccccc5c34)c2)cc1. The summed E-state index contributed by atoms with van der Waals surface area (Å²) in [4.78, 5) is 2.45. The summed E-state index contributed by atoms with van der Waals surface area (Å²) >= 11 is 1.86. The van der Waals surface area contributed by atoms with Gasteiger partial charge in [-0.2, -0.15) is 0 Å². The third-order valence-corrected chi connectivity index (χ3v) is 11.6. The Hall–Kier alpha value is -6.74. The summed E-state index contributed by atoms with van der Waals surface area (Å²) in [5.74, 6) is 0. The average molecular weight is 706 g/mol. The van der Waals surface area contributed by atoms with Crippen molar-refractivity contribution in [3.8, 4) is 44.5 Å². The van der Waals surface area contributed by atoms with Gasteiger partial charge in [-0.25, -0.2) is 0 Å². The first-order valence-corrected chi connectivity index (χ1v) is 19.2. The molecule has 1 heterocycles. The normalized spacial score (nSPS) is 11.3. The van der Waals surface area contributed by atoms with Crippen molar-refractivity contribution in [3.63, 3.8) is 0 Å². The van der Waals surface area contributed by atoms with Gasteiger partial charge in [-0.15, -0.1) is 11.3 Å². The Kier molecular flexibility index (Phi) is 8.09. The van der Waals surface area contributed by atoms with Crippen molar-refractivity contribution in [2.75, 3.05) is 4.90 Å². The molecule has 254 valence electrons. The van der Waals surface area contributed by atoms with Crippen molar-refractivity contribution in [1.82, 2.24) is 0 Å². The van der Waals surface area contributed by atoms with Crippen LogP contribution in [-0.4, -0.2) is 0 Å². The fourth-order valence-corrected chi connectivity index (χ4v) is 8.88. The topological polar surface area (TPSA) is 3.24 Å². The molecule has 0 radical (unpaired) electrons. The molecule has 10 aromatic rings. The molecule has 0 fully saturated rings. The highest BCUT2D eigenvalue weighted by atomic mass is 32.1. The number of fused-ring (bicyclic) bond motifs is 4. The second-order valence-electron chi connectivity index (χ2n) is 13.8. The molecule has 0 spiro atoms. The van der Waals surface area contributed by atoms with Crippen molar-refractivity contribution in [2.24, 2.45) is 0 Å². The molecular weight excluding hydrogens is 671 g/mol. The number of nitrogens with zero attached hydrogens (tertiary/aromatic N) is 1. The van der Waals surface area contributed by atoms with Crippen LogP contribution in [0.5, 0.6) is 0 Å². The minimum absolute atomic E-state index is 1.11. The fraction of sp³-hybridized carbons (Fsp3) is 0. The second kappa shape index (κ2) is 13.7. The van der Waals surface area contributed by atoms with Crippen LogP contribution in [0.25, 0.3) is 75.5 Å². The summed E-state index contributed by atoms with van der Waals surface area (Å²) in [6.45, 7) is 0. The zero-order chi connectivity index (χ0) is 35.8. The Morgan fingerprint density at radius 2 is 0.815 bits per heavy atom. The van der Waals surface area contributed by atoms with Gasteiger partial charge in [0.2, 0.25) is 0 Å². The van der Waals surface area contributed by atoms with Crippen LogP contribution in [0.3, 0.4) is 0 Å². The Balaban J connectivity index is 1.14. The van der Waals surface area contributed by atoms with Crippen LogP contribution < -0.4 is 4.90 Å². The van der Waals surface area contributed by atoms with Crippen LogP contribution in [0.15, 0.2) is 212 Å². The molecule has 0 aliphatic carbocycles. The molecule has 0 unspecified atom stereocenters. The monoisotopic (exact) mass is 705 g/mol. The molecule has 1 nitrogen and oxygen atoms in total. The number of thiophene rings is 1. The lowest BCUT2D eigenvalue weighted by Gasteiger charge is -2.28. The highest BCUT2D eigenvalue weighted by Gasteiger charge is 2.20.